The fraction of sp³-hybridized carbons (Fsp3) is 0.316. The normalized spacial score (nSPS) is 11.5. The zero-order valence-corrected chi connectivity index (χ0v) is 15.3. The van der Waals surface area contributed by atoms with Gasteiger partial charge in [0.1, 0.15) is 17.2 Å². The topological polar surface area (TPSA) is 56.8 Å². The summed E-state index contributed by atoms with van der Waals surface area (Å²) in [6.07, 6.45) is 0.239. The van der Waals surface area contributed by atoms with Crippen molar-refractivity contribution >= 4 is 17.5 Å². The van der Waals surface area contributed by atoms with E-state index in [1.165, 1.54) is 0 Å². The van der Waals surface area contributed by atoms with Gasteiger partial charge in [-0.2, -0.15) is 0 Å². The second-order valence-corrected chi connectivity index (χ2v) is 5.89. The van der Waals surface area contributed by atoms with Crippen LogP contribution in [0, 0.1) is 0 Å². The van der Waals surface area contributed by atoms with E-state index >= 15 is 0 Å². The van der Waals surface area contributed by atoms with Crippen LogP contribution < -0.4 is 19.5 Å². The third-order valence-electron chi connectivity index (χ3n) is 3.67. The highest BCUT2D eigenvalue weighted by molar-refractivity contribution is 6.30. The molecule has 25 heavy (non-hydrogen) atoms. The number of nitrogens with one attached hydrogen (secondary N) is 1. The minimum absolute atomic E-state index is 0.112. The molecule has 0 spiro atoms. The Bertz CT molecular complexity index is 720. The standard InChI is InChI=1S/C19H22ClNO4/c1-13(17-12-15(23-2)7-8-18(17)24-3)21-19(22)9-10-25-16-6-4-5-14(20)11-16/h4-8,11-13H,9-10H2,1-3H3,(H,21,22)/t13-/m1/s1. The molecule has 0 aliphatic rings. The van der Waals surface area contributed by atoms with Gasteiger partial charge in [-0.1, -0.05) is 17.7 Å². The summed E-state index contributed by atoms with van der Waals surface area (Å²) < 4.78 is 16.1. The lowest BCUT2D eigenvalue weighted by Crippen LogP contribution is -2.28. The Balaban J connectivity index is 1.89. The first-order chi connectivity index (χ1) is 12.0. The summed E-state index contributed by atoms with van der Waals surface area (Å²) in [5.74, 6) is 1.94. The van der Waals surface area contributed by atoms with Crippen LogP contribution >= 0.6 is 11.6 Å². The average molecular weight is 364 g/mol. The molecule has 0 aromatic heterocycles. The first-order valence-electron chi connectivity index (χ1n) is 7.93. The lowest BCUT2D eigenvalue weighted by Gasteiger charge is -2.18. The van der Waals surface area contributed by atoms with Crippen molar-refractivity contribution in [1.29, 1.82) is 0 Å². The van der Waals surface area contributed by atoms with Crippen molar-refractivity contribution in [3.63, 3.8) is 0 Å². The lowest BCUT2D eigenvalue weighted by molar-refractivity contribution is -0.122. The smallest absolute Gasteiger partial charge is 0.223 e. The SMILES string of the molecule is COc1ccc(OC)c([C@@H](C)NC(=O)CCOc2cccc(Cl)c2)c1. The highest BCUT2D eigenvalue weighted by atomic mass is 35.5. The maximum atomic E-state index is 12.1. The van der Waals surface area contributed by atoms with E-state index in [4.69, 9.17) is 25.8 Å². The predicted molar refractivity (Wildman–Crippen MR) is 97.7 cm³/mol. The molecule has 0 saturated carbocycles. The van der Waals surface area contributed by atoms with Crippen molar-refractivity contribution in [3.05, 3.63) is 53.1 Å². The van der Waals surface area contributed by atoms with E-state index < -0.39 is 0 Å². The van der Waals surface area contributed by atoms with E-state index in [2.05, 4.69) is 5.32 Å². The summed E-state index contributed by atoms with van der Waals surface area (Å²) in [5, 5.41) is 3.54. The molecule has 0 aliphatic heterocycles. The van der Waals surface area contributed by atoms with Gasteiger partial charge in [-0.3, -0.25) is 4.79 Å². The fourth-order valence-corrected chi connectivity index (χ4v) is 2.57. The van der Waals surface area contributed by atoms with Crippen LogP contribution in [0.3, 0.4) is 0 Å². The Morgan fingerprint density at radius 3 is 2.60 bits per heavy atom. The Labute approximate surface area is 152 Å². The molecule has 0 heterocycles. The van der Waals surface area contributed by atoms with Crippen LogP contribution in [0.1, 0.15) is 24.9 Å². The third kappa shape index (κ3) is 5.57. The first kappa shape index (κ1) is 18.9. The highest BCUT2D eigenvalue weighted by Gasteiger charge is 2.15. The van der Waals surface area contributed by atoms with Gasteiger partial charge in [0.15, 0.2) is 0 Å². The van der Waals surface area contributed by atoms with E-state index in [-0.39, 0.29) is 25.0 Å². The van der Waals surface area contributed by atoms with Crippen molar-refractivity contribution < 1.29 is 19.0 Å². The van der Waals surface area contributed by atoms with Crippen LogP contribution in [0.25, 0.3) is 0 Å². The molecule has 1 amide bonds. The van der Waals surface area contributed by atoms with Gasteiger partial charge in [0.25, 0.3) is 0 Å². The van der Waals surface area contributed by atoms with E-state index in [1.54, 1.807) is 38.5 Å². The molecule has 0 aliphatic carbocycles. The van der Waals surface area contributed by atoms with Gasteiger partial charge >= 0.3 is 0 Å². The molecule has 0 saturated heterocycles. The molecule has 5 nitrogen and oxygen atoms in total. The summed E-state index contributed by atoms with van der Waals surface area (Å²) in [5.41, 5.74) is 0.853. The Kier molecular flexibility index (Phi) is 6.95. The number of rotatable bonds is 8. The minimum atomic E-state index is -0.219. The zero-order chi connectivity index (χ0) is 18.2. The highest BCUT2D eigenvalue weighted by Crippen LogP contribution is 2.29. The van der Waals surface area contributed by atoms with Crippen molar-refractivity contribution in [1.82, 2.24) is 5.32 Å². The molecule has 0 radical (unpaired) electrons. The number of methoxy groups -OCH3 is 2. The van der Waals surface area contributed by atoms with E-state index in [9.17, 15) is 4.79 Å². The monoisotopic (exact) mass is 363 g/mol. The van der Waals surface area contributed by atoms with E-state index in [0.717, 1.165) is 5.56 Å². The molecule has 2 aromatic rings. The van der Waals surface area contributed by atoms with Crippen LogP contribution in [-0.4, -0.2) is 26.7 Å². The summed E-state index contributed by atoms with van der Waals surface area (Å²) in [6, 6.07) is 12.3. The summed E-state index contributed by atoms with van der Waals surface area (Å²) >= 11 is 5.89. The number of hydrogen-bond acceptors (Lipinski definition) is 4. The van der Waals surface area contributed by atoms with Gasteiger partial charge in [0.05, 0.1) is 33.3 Å². The largest absolute Gasteiger partial charge is 0.497 e. The molecular formula is C19H22ClNO4. The molecule has 6 heteroatoms. The number of benzene rings is 2. The zero-order valence-electron chi connectivity index (χ0n) is 14.5. The number of ether oxygens (including phenoxy) is 3. The number of hydrogen-bond donors (Lipinski definition) is 1. The molecule has 1 N–H and O–H groups in total. The first-order valence-corrected chi connectivity index (χ1v) is 8.31. The number of halogens is 1. The number of carbonyl (C=O) groups excluding carboxylic acids is 1. The van der Waals surface area contributed by atoms with Crippen molar-refractivity contribution in [2.24, 2.45) is 0 Å². The van der Waals surface area contributed by atoms with Gasteiger partial charge < -0.3 is 19.5 Å². The van der Waals surface area contributed by atoms with Crippen LogP contribution in [0.5, 0.6) is 17.2 Å². The second-order valence-electron chi connectivity index (χ2n) is 5.45. The summed E-state index contributed by atoms with van der Waals surface area (Å²) in [4.78, 5) is 12.1. The maximum absolute atomic E-state index is 12.1. The fourth-order valence-electron chi connectivity index (χ4n) is 2.39. The molecule has 134 valence electrons. The summed E-state index contributed by atoms with van der Waals surface area (Å²) in [6.45, 7) is 2.17. The Hall–Kier alpha value is -2.40. The van der Waals surface area contributed by atoms with E-state index in [0.29, 0.717) is 22.3 Å². The van der Waals surface area contributed by atoms with Crippen LogP contribution in [0.4, 0.5) is 0 Å². The molecular weight excluding hydrogens is 342 g/mol. The molecule has 0 fully saturated rings. The quantitative estimate of drug-likeness (QED) is 0.770. The molecule has 1 atom stereocenters. The number of carbonyl (C=O) groups is 1. The number of amides is 1. The summed E-state index contributed by atoms with van der Waals surface area (Å²) in [7, 11) is 3.20. The van der Waals surface area contributed by atoms with Gasteiger partial charge in [0.2, 0.25) is 5.91 Å². The van der Waals surface area contributed by atoms with Gasteiger partial charge in [-0.05, 0) is 43.3 Å². The molecule has 2 rings (SSSR count). The molecule has 0 bridgehead atoms. The van der Waals surface area contributed by atoms with Gasteiger partial charge in [0, 0.05) is 10.6 Å². The lowest BCUT2D eigenvalue weighted by atomic mass is 10.1. The van der Waals surface area contributed by atoms with Crippen LogP contribution in [-0.2, 0) is 4.79 Å². The van der Waals surface area contributed by atoms with Crippen LogP contribution in [0.15, 0.2) is 42.5 Å². The predicted octanol–water partition coefficient (Wildman–Crippen LogP) is 4.00. The van der Waals surface area contributed by atoms with E-state index in [1.807, 2.05) is 25.1 Å². The molecule has 0 unspecified atom stereocenters. The third-order valence-corrected chi connectivity index (χ3v) is 3.91. The van der Waals surface area contributed by atoms with Crippen molar-refractivity contribution in [2.75, 3.05) is 20.8 Å². The van der Waals surface area contributed by atoms with Crippen molar-refractivity contribution in [3.8, 4) is 17.2 Å². The van der Waals surface area contributed by atoms with Crippen molar-refractivity contribution in [2.45, 2.75) is 19.4 Å². The molecule has 2 aromatic carbocycles. The van der Waals surface area contributed by atoms with Crippen LogP contribution in [0.2, 0.25) is 5.02 Å². The Morgan fingerprint density at radius 2 is 1.92 bits per heavy atom. The second kappa shape index (κ2) is 9.18. The minimum Gasteiger partial charge on any atom is -0.497 e. The van der Waals surface area contributed by atoms with Gasteiger partial charge in [-0.25, -0.2) is 0 Å². The maximum Gasteiger partial charge on any atom is 0.223 e. The average Bonchev–Trinajstić information content (AvgIpc) is 2.61. The van der Waals surface area contributed by atoms with Gasteiger partial charge in [-0.15, -0.1) is 0 Å². The Morgan fingerprint density at radius 1 is 1.12 bits per heavy atom.